The third-order valence-corrected chi connectivity index (χ3v) is 1.52. The number of carbonyl (C=O) groups is 2. The number of rotatable bonds is 5. The molecule has 0 saturated carbocycles. The van der Waals surface area contributed by atoms with Gasteiger partial charge in [-0.25, -0.2) is 4.79 Å². The van der Waals surface area contributed by atoms with Crippen LogP contribution in [0.5, 0.6) is 0 Å². The second-order valence-corrected chi connectivity index (χ2v) is 2.86. The first kappa shape index (κ1) is 12.3. The van der Waals surface area contributed by atoms with Gasteiger partial charge in [-0.15, -0.1) is 6.42 Å². The van der Waals surface area contributed by atoms with Crippen molar-refractivity contribution in [2.45, 2.75) is 25.8 Å². The van der Waals surface area contributed by atoms with E-state index in [9.17, 15) is 9.59 Å². The molecule has 0 aliphatic rings. The van der Waals surface area contributed by atoms with Gasteiger partial charge < -0.3 is 15.7 Å². The summed E-state index contributed by atoms with van der Waals surface area (Å²) in [5.74, 6) is 1.38. The van der Waals surface area contributed by atoms with Gasteiger partial charge in [0.25, 0.3) is 0 Å². The van der Waals surface area contributed by atoms with Crippen LogP contribution in [-0.4, -0.2) is 29.7 Å². The van der Waals surface area contributed by atoms with Gasteiger partial charge in [0.2, 0.25) is 0 Å². The van der Waals surface area contributed by atoms with E-state index in [2.05, 4.69) is 16.6 Å². The third kappa shape index (κ3) is 6.98. The summed E-state index contributed by atoms with van der Waals surface area (Å²) in [5.41, 5.74) is 0. The van der Waals surface area contributed by atoms with Crippen molar-refractivity contribution in [2.75, 3.05) is 6.54 Å². The van der Waals surface area contributed by atoms with Crippen LogP contribution < -0.4 is 10.6 Å². The van der Waals surface area contributed by atoms with Crippen molar-refractivity contribution >= 4 is 12.0 Å². The Labute approximate surface area is 82.9 Å². The molecule has 0 aromatic rings. The Morgan fingerprint density at radius 3 is 2.71 bits per heavy atom. The summed E-state index contributed by atoms with van der Waals surface area (Å²) >= 11 is 0. The minimum absolute atomic E-state index is 0.0383. The van der Waals surface area contributed by atoms with Crippen LogP contribution in [0.4, 0.5) is 4.79 Å². The molecule has 0 spiro atoms. The number of aliphatic carboxylic acids is 1. The van der Waals surface area contributed by atoms with Gasteiger partial charge in [-0.1, -0.05) is 5.92 Å². The molecule has 0 aromatic heterocycles. The number of nitrogens with one attached hydrogen (secondary N) is 2. The van der Waals surface area contributed by atoms with Gasteiger partial charge in [0.1, 0.15) is 0 Å². The summed E-state index contributed by atoms with van der Waals surface area (Å²) in [6, 6.07) is -0.551. The van der Waals surface area contributed by atoms with Gasteiger partial charge in [-0.05, 0) is 13.3 Å². The van der Waals surface area contributed by atoms with E-state index >= 15 is 0 Å². The first-order valence-electron chi connectivity index (χ1n) is 4.26. The minimum Gasteiger partial charge on any atom is -0.481 e. The maximum absolute atomic E-state index is 11.0. The largest absolute Gasteiger partial charge is 0.481 e. The standard InChI is InChI=1S/C9H14N2O3/c1-3-6-10-9(14)11-7(2)4-5-8(12)13/h1,7H,4-6H2,2H3,(H,12,13)(H2,10,11,14). The summed E-state index contributed by atoms with van der Waals surface area (Å²) < 4.78 is 0. The van der Waals surface area contributed by atoms with Crippen LogP contribution in [0.2, 0.25) is 0 Å². The third-order valence-electron chi connectivity index (χ3n) is 1.52. The number of amides is 2. The second kappa shape index (κ2) is 6.78. The van der Waals surface area contributed by atoms with Crippen LogP contribution in [0.25, 0.3) is 0 Å². The molecule has 0 aromatic carbocycles. The van der Waals surface area contributed by atoms with Gasteiger partial charge in [0.15, 0.2) is 0 Å². The number of terminal acetylenes is 1. The molecule has 0 aliphatic carbocycles. The highest BCUT2D eigenvalue weighted by molar-refractivity contribution is 5.74. The average Bonchev–Trinajstić information content (AvgIpc) is 2.11. The topological polar surface area (TPSA) is 78.4 Å². The molecule has 0 rings (SSSR count). The number of urea groups is 1. The Morgan fingerprint density at radius 1 is 1.57 bits per heavy atom. The molecule has 1 atom stereocenters. The van der Waals surface area contributed by atoms with Crippen molar-refractivity contribution in [3.05, 3.63) is 0 Å². The Morgan fingerprint density at radius 2 is 2.21 bits per heavy atom. The van der Waals surface area contributed by atoms with Crippen molar-refractivity contribution in [1.29, 1.82) is 0 Å². The van der Waals surface area contributed by atoms with Crippen molar-refractivity contribution < 1.29 is 14.7 Å². The van der Waals surface area contributed by atoms with Gasteiger partial charge in [0, 0.05) is 12.5 Å². The van der Waals surface area contributed by atoms with E-state index in [1.165, 1.54) is 0 Å². The zero-order valence-electron chi connectivity index (χ0n) is 8.04. The summed E-state index contributed by atoms with van der Waals surface area (Å²) in [4.78, 5) is 21.2. The van der Waals surface area contributed by atoms with Crippen molar-refractivity contribution in [1.82, 2.24) is 10.6 Å². The molecule has 0 fully saturated rings. The van der Waals surface area contributed by atoms with Gasteiger partial charge in [-0.3, -0.25) is 4.79 Å². The zero-order chi connectivity index (χ0) is 11.0. The smallest absolute Gasteiger partial charge is 0.315 e. The Kier molecular flexibility index (Phi) is 5.95. The van der Waals surface area contributed by atoms with Crippen LogP contribution in [0.15, 0.2) is 0 Å². The van der Waals surface area contributed by atoms with E-state index in [-0.39, 0.29) is 25.0 Å². The lowest BCUT2D eigenvalue weighted by atomic mass is 10.2. The molecule has 14 heavy (non-hydrogen) atoms. The van der Waals surface area contributed by atoms with E-state index in [0.29, 0.717) is 6.42 Å². The number of carboxylic acids is 1. The van der Waals surface area contributed by atoms with Crippen LogP contribution >= 0.6 is 0 Å². The van der Waals surface area contributed by atoms with Crippen LogP contribution in [0, 0.1) is 12.3 Å². The number of carbonyl (C=O) groups excluding carboxylic acids is 1. The summed E-state index contributed by atoms with van der Waals surface area (Å²) in [6.45, 7) is 1.90. The van der Waals surface area contributed by atoms with Crippen LogP contribution in [0.3, 0.4) is 0 Å². The highest BCUT2D eigenvalue weighted by atomic mass is 16.4. The van der Waals surface area contributed by atoms with E-state index in [1.54, 1.807) is 6.92 Å². The Bertz CT molecular complexity index is 245. The molecule has 0 heterocycles. The maximum Gasteiger partial charge on any atom is 0.315 e. The van der Waals surface area contributed by atoms with Crippen LogP contribution in [0.1, 0.15) is 19.8 Å². The summed E-state index contributed by atoms with van der Waals surface area (Å²) in [5, 5.41) is 13.4. The number of hydrogen-bond acceptors (Lipinski definition) is 2. The van der Waals surface area contributed by atoms with Crippen LogP contribution in [-0.2, 0) is 4.79 Å². The van der Waals surface area contributed by atoms with Crippen molar-refractivity contribution in [3.63, 3.8) is 0 Å². The molecule has 5 heteroatoms. The molecule has 5 nitrogen and oxygen atoms in total. The fraction of sp³-hybridized carbons (Fsp3) is 0.556. The fourth-order valence-corrected chi connectivity index (χ4v) is 0.818. The molecule has 1 unspecified atom stereocenters. The average molecular weight is 198 g/mol. The monoisotopic (exact) mass is 198 g/mol. The maximum atomic E-state index is 11.0. The number of carboxylic acid groups (broad SMARTS) is 1. The highest BCUT2D eigenvalue weighted by Gasteiger charge is 2.07. The Balaban J connectivity index is 3.61. The van der Waals surface area contributed by atoms with Gasteiger partial charge >= 0.3 is 12.0 Å². The SMILES string of the molecule is C#CCNC(=O)NC(C)CCC(=O)O. The van der Waals surface area contributed by atoms with E-state index in [4.69, 9.17) is 11.5 Å². The lowest BCUT2D eigenvalue weighted by molar-refractivity contribution is -0.137. The molecular formula is C9H14N2O3. The second-order valence-electron chi connectivity index (χ2n) is 2.86. The molecule has 0 radical (unpaired) electrons. The van der Waals surface area contributed by atoms with E-state index < -0.39 is 5.97 Å². The summed E-state index contributed by atoms with van der Waals surface area (Å²) in [7, 11) is 0. The zero-order valence-corrected chi connectivity index (χ0v) is 8.04. The predicted octanol–water partition coefficient (Wildman–Crippen LogP) is 0.172. The predicted molar refractivity (Wildman–Crippen MR) is 51.7 cm³/mol. The molecule has 78 valence electrons. The van der Waals surface area contributed by atoms with Gasteiger partial charge in [-0.2, -0.15) is 0 Å². The highest BCUT2D eigenvalue weighted by Crippen LogP contribution is 1.95. The molecule has 0 bridgehead atoms. The first-order chi connectivity index (χ1) is 6.56. The van der Waals surface area contributed by atoms with E-state index in [1.807, 2.05) is 0 Å². The minimum atomic E-state index is -0.873. The molecular weight excluding hydrogens is 184 g/mol. The molecule has 0 saturated heterocycles. The quantitative estimate of drug-likeness (QED) is 0.551. The normalized spacial score (nSPS) is 11.1. The molecule has 2 amide bonds. The summed E-state index contributed by atoms with van der Waals surface area (Å²) in [6.07, 6.45) is 5.38. The Hall–Kier alpha value is -1.70. The lowest BCUT2D eigenvalue weighted by Gasteiger charge is -2.12. The molecule has 0 aliphatic heterocycles. The van der Waals surface area contributed by atoms with Crippen molar-refractivity contribution in [3.8, 4) is 12.3 Å². The van der Waals surface area contributed by atoms with E-state index in [0.717, 1.165) is 0 Å². The van der Waals surface area contributed by atoms with Gasteiger partial charge in [0.05, 0.1) is 6.54 Å². The van der Waals surface area contributed by atoms with Crippen molar-refractivity contribution in [2.24, 2.45) is 0 Å². The molecule has 3 N–H and O–H groups in total. The number of hydrogen-bond donors (Lipinski definition) is 3. The lowest BCUT2D eigenvalue weighted by Crippen LogP contribution is -2.41. The first-order valence-corrected chi connectivity index (χ1v) is 4.26. The fourth-order valence-electron chi connectivity index (χ4n) is 0.818.